The Kier molecular flexibility index (Phi) is 6.11. The maximum absolute atomic E-state index is 12.7. The predicted octanol–water partition coefficient (Wildman–Crippen LogP) is 1.75. The van der Waals surface area contributed by atoms with Crippen molar-refractivity contribution in [3.8, 4) is 0 Å². The fourth-order valence-corrected chi connectivity index (χ4v) is 4.74. The number of amides is 2. The monoisotopic (exact) mass is 401 g/mol. The Hall–Kier alpha value is -2.71. The van der Waals surface area contributed by atoms with Crippen LogP contribution in [0.25, 0.3) is 0 Å². The topological polar surface area (TPSA) is 110 Å². The summed E-state index contributed by atoms with van der Waals surface area (Å²) < 4.78 is 26.7. The highest BCUT2D eigenvalue weighted by atomic mass is 32.2. The van der Waals surface area contributed by atoms with Crippen molar-refractivity contribution in [3.63, 3.8) is 0 Å². The van der Waals surface area contributed by atoms with Crippen LogP contribution >= 0.6 is 0 Å². The van der Waals surface area contributed by atoms with Gasteiger partial charge in [0.25, 0.3) is 0 Å². The van der Waals surface area contributed by atoms with Crippen molar-refractivity contribution in [1.29, 1.82) is 0 Å². The van der Waals surface area contributed by atoms with Crippen molar-refractivity contribution in [3.05, 3.63) is 60.2 Å². The highest BCUT2D eigenvalue weighted by Gasteiger charge is 2.32. The summed E-state index contributed by atoms with van der Waals surface area (Å²) in [5.74, 6) is -0.777. The lowest BCUT2D eigenvalue weighted by atomic mass is 9.97. The van der Waals surface area contributed by atoms with Crippen LogP contribution < -0.4 is 11.1 Å². The summed E-state index contributed by atoms with van der Waals surface area (Å²) >= 11 is 0. The van der Waals surface area contributed by atoms with Crippen LogP contribution in [0.1, 0.15) is 18.4 Å². The van der Waals surface area contributed by atoms with E-state index >= 15 is 0 Å². The molecule has 0 unspecified atom stereocenters. The second-order valence-corrected chi connectivity index (χ2v) is 8.76. The van der Waals surface area contributed by atoms with E-state index in [9.17, 15) is 18.0 Å². The van der Waals surface area contributed by atoms with Crippen LogP contribution in [0.15, 0.2) is 59.5 Å². The molecule has 7 nitrogen and oxygen atoms in total. The normalized spacial score (nSPS) is 15.9. The van der Waals surface area contributed by atoms with Gasteiger partial charge in [-0.2, -0.15) is 4.31 Å². The second kappa shape index (κ2) is 8.53. The van der Waals surface area contributed by atoms with Gasteiger partial charge in [-0.3, -0.25) is 9.59 Å². The molecule has 0 radical (unpaired) electrons. The number of primary amides is 1. The molecule has 0 bridgehead atoms. The number of nitrogens with two attached hydrogens (primary N) is 1. The fraction of sp³-hybridized carbons (Fsp3) is 0.300. The molecule has 1 aliphatic rings. The van der Waals surface area contributed by atoms with E-state index in [2.05, 4.69) is 5.32 Å². The van der Waals surface area contributed by atoms with Gasteiger partial charge in [0, 0.05) is 24.7 Å². The molecule has 0 saturated carbocycles. The summed E-state index contributed by atoms with van der Waals surface area (Å²) in [7, 11) is -3.52. The lowest BCUT2D eigenvalue weighted by molar-refractivity contribution is -0.121. The van der Waals surface area contributed by atoms with E-state index in [1.54, 1.807) is 54.6 Å². The summed E-state index contributed by atoms with van der Waals surface area (Å²) in [5, 5.41) is 2.85. The molecule has 8 heteroatoms. The minimum atomic E-state index is -3.52. The van der Waals surface area contributed by atoms with Gasteiger partial charge in [-0.05, 0) is 42.7 Å². The van der Waals surface area contributed by atoms with Crippen molar-refractivity contribution >= 4 is 27.5 Å². The number of rotatable bonds is 6. The predicted molar refractivity (Wildman–Crippen MR) is 106 cm³/mol. The molecule has 0 spiro atoms. The van der Waals surface area contributed by atoms with Crippen LogP contribution in [0.4, 0.5) is 5.69 Å². The molecular weight excluding hydrogens is 378 g/mol. The number of nitrogens with one attached hydrogen (secondary N) is 1. The molecule has 28 heavy (non-hydrogen) atoms. The summed E-state index contributed by atoms with van der Waals surface area (Å²) in [5.41, 5.74) is 6.58. The first-order valence-corrected chi connectivity index (χ1v) is 10.5. The number of hydrogen-bond donors (Lipinski definition) is 2. The molecule has 2 aromatic carbocycles. The average molecular weight is 401 g/mol. The Balaban J connectivity index is 1.56. The van der Waals surface area contributed by atoms with E-state index < -0.39 is 15.9 Å². The van der Waals surface area contributed by atoms with Crippen LogP contribution in [-0.4, -0.2) is 37.6 Å². The number of nitrogens with zero attached hydrogens (tertiary/aromatic N) is 1. The van der Waals surface area contributed by atoms with Crippen LogP contribution in [-0.2, 0) is 26.0 Å². The van der Waals surface area contributed by atoms with Gasteiger partial charge in [-0.1, -0.05) is 30.3 Å². The average Bonchev–Trinajstić information content (AvgIpc) is 2.70. The van der Waals surface area contributed by atoms with E-state index in [4.69, 9.17) is 5.73 Å². The first kappa shape index (κ1) is 20.0. The van der Waals surface area contributed by atoms with Gasteiger partial charge in [-0.25, -0.2) is 8.42 Å². The number of sulfonamides is 1. The lowest BCUT2D eigenvalue weighted by Gasteiger charge is -2.30. The second-order valence-electron chi connectivity index (χ2n) is 6.82. The minimum absolute atomic E-state index is 0.126. The number of carbonyl (C=O) groups excluding carboxylic acids is 2. The smallest absolute Gasteiger partial charge is 0.243 e. The molecule has 1 heterocycles. The quantitative estimate of drug-likeness (QED) is 0.768. The van der Waals surface area contributed by atoms with E-state index in [0.29, 0.717) is 31.6 Å². The van der Waals surface area contributed by atoms with Crippen LogP contribution in [0.5, 0.6) is 0 Å². The molecule has 1 saturated heterocycles. The fourth-order valence-electron chi connectivity index (χ4n) is 3.25. The molecule has 0 atom stereocenters. The summed E-state index contributed by atoms with van der Waals surface area (Å²) in [6.45, 7) is 0.625. The van der Waals surface area contributed by atoms with E-state index in [1.165, 1.54) is 4.31 Å². The SMILES string of the molecule is NC(=O)Cc1ccc(NC(=O)C2CCN(S(=O)(=O)c3ccccc3)CC2)cc1. The number of piperidine rings is 1. The molecule has 2 aromatic rings. The van der Waals surface area contributed by atoms with Crippen molar-refractivity contribution < 1.29 is 18.0 Å². The van der Waals surface area contributed by atoms with E-state index in [1.807, 2.05) is 0 Å². The largest absolute Gasteiger partial charge is 0.369 e. The Morgan fingerprint density at radius 3 is 2.18 bits per heavy atom. The summed E-state index contributed by atoms with van der Waals surface area (Å²) in [4.78, 5) is 23.7. The molecule has 148 valence electrons. The van der Waals surface area contributed by atoms with Crippen molar-refractivity contribution in [2.75, 3.05) is 18.4 Å². The molecule has 0 aromatic heterocycles. The number of anilines is 1. The highest BCUT2D eigenvalue weighted by Crippen LogP contribution is 2.25. The van der Waals surface area contributed by atoms with Crippen LogP contribution in [0.3, 0.4) is 0 Å². The molecule has 3 rings (SSSR count). The molecule has 1 aliphatic heterocycles. The van der Waals surface area contributed by atoms with Gasteiger partial charge in [0.2, 0.25) is 21.8 Å². The summed E-state index contributed by atoms with van der Waals surface area (Å²) in [6.07, 6.45) is 1.10. The zero-order valence-electron chi connectivity index (χ0n) is 15.4. The van der Waals surface area contributed by atoms with Crippen LogP contribution in [0, 0.1) is 5.92 Å². The Bertz CT molecular complexity index is 935. The third-order valence-electron chi connectivity index (χ3n) is 4.81. The van der Waals surface area contributed by atoms with Gasteiger partial charge in [0.1, 0.15) is 0 Å². The first-order valence-electron chi connectivity index (χ1n) is 9.09. The van der Waals surface area contributed by atoms with E-state index in [0.717, 1.165) is 5.56 Å². The molecule has 2 amide bonds. The molecule has 0 aliphatic carbocycles. The van der Waals surface area contributed by atoms with E-state index in [-0.39, 0.29) is 23.1 Å². The Morgan fingerprint density at radius 2 is 1.61 bits per heavy atom. The van der Waals surface area contributed by atoms with Crippen LogP contribution in [0.2, 0.25) is 0 Å². The first-order chi connectivity index (χ1) is 13.4. The third-order valence-corrected chi connectivity index (χ3v) is 6.72. The van der Waals surface area contributed by atoms with Crippen molar-refractivity contribution in [2.24, 2.45) is 11.7 Å². The minimum Gasteiger partial charge on any atom is -0.369 e. The third kappa shape index (κ3) is 4.76. The maximum Gasteiger partial charge on any atom is 0.243 e. The van der Waals surface area contributed by atoms with Crippen molar-refractivity contribution in [1.82, 2.24) is 4.31 Å². The Labute approximate surface area is 164 Å². The number of benzene rings is 2. The molecule has 1 fully saturated rings. The number of carbonyl (C=O) groups is 2. The van der Waals surface area contributed by atoms with Gasteiger partial charge in [0.15, 0.2) is 0 Å². The standard InChI is InChI=1S/C20H23N3O4S/c21-19(24)14-15-6-8-17(9-7-15)22-20(25)16-10-12-23(13-11-16)28(26,27)18-4-2-1-3-5-18/h1-9,16H,10-14H2,(H2,21,24)(H,22,25). The van der Waals surface area contributed by atoms with Crippen molar-refractivity contribution in [2.45, 2.75) is 24.2 Å². The highest BCUT2D eigenvalue weighted by molar-refractivity contribution is 7.89. The lowest BCUT2D eigenvalue weighted by Crippen LogP contribution is -2.41. The zero-order chi connectivity index (χ0) is 20.1. The maximum atomic E-state index is 12.7. The van der Waals surface area contributed by atoms with Gasteiger partial charge >= 0.3 is 0 Å². The molecular formula is C20H23N3O4S. The zero-order valence-corrected chi connectivity index (χ0v) is 16.2. The van der Waals surface area contributed by atoms with Gasteiger partial charge in [-0.15, -0.1) is 0 Å². The Morgan fingerprint density at radius 1 is 1.00 bits per heavy atom. The summed E-state index contributed by atoms with van der Waals surface area (Å²) in [6, 6.07) is 15.3. The van der Waals surface area contributed by atoms with Gasteiger partial charge in [0.05, 0.1) is 11.3 Å². The number of hydrogen-bond acceptors (Lipinski definition) is 4. The molecule has 3 N–H and O–H groups in total. The van der Waals surface area contributed by atoms with Gasteiger partial charge < -0.3 is 11.1 Å².